The van der Waals surface area contributed by atoms with Crippen molar-refractivity contribution >= 4 is 9.84 Å². The molecule has 1 atom stereocenters. The molecule has 0 aromatic heterocycles. The van der Waals surface area contributed by atoms with Crippen LogP contribution in [0, 0.1) is 0 Å². The minimum absolute atomic E-state index is 0.274. The predicted molar refractivity (Wildman–Crippen MR) is 83.5 cm³/mol. The molecule has 0 aliphatic carbocycles. The molecule has 0 bridgehead atoms. The first-order valence-corrected chi connectivity index (χ1v) is 8.26. The van der Waals surface area contributed by atoms with Crippen molar-refractivity contribution < 1.29 is 13.2 Å². The molecule has 0 radical (unpaired) electrons. The predicted octanol–water partition coefficient (Wildman–Crippen LogP) is 3.58. The Morgan fingerprint density at radius 2 is 1.57 bits per heavy atom. The normalized spacial score (nSPS) is 13.4. The van der Waals surface area contributed by atoms with Crippen LogP contribution in [0.25, 0.3) is 0 Å². The van der Waals surface area contributed by atoms with Gasteiger partial charge in [0.2, 0.25) is 0 Å². The van der Waals surface area contributed by atoms with Crippen LogP contribution in [-0.2, 0) is 21.2 Å². The van der Waals surface area contributed by atoms with Crippen LogP contribution in [0.15, 0.2) is 77.0 Å². The molecule has 0 saturated carbocycles. The van der Waals surface area contributed by atoms with Crippen molar-refractivity contribution in [2.45, 2.75) is 24.5 Å². The Morgan fingerprint density at radius 3 is 2.19 bits per heavy atom. The molecule has 3 nitrogen and oxygen atoms in total. The van der Waals surface area contributed by atoms with Gasteiger partial charge in [-0.05, 0) is 30.7 Å². The summed E-state index contributed by atoms with van der Waals surface area (Å²) >= 11 is 0. The third-order valence-corrected chi connectivity index (χ3v) is 4.40. The molecule has 0 aliphatic rings. The highest BCUT2D eigenvalue weighted by Crippen LogP contribution is 2.12. The average Bonchev–Trinajstić information content (AvgIpc) is 2.53. The SMILES string of the molecule is C[C@@H](/C=C/S(=O)(=O)c1ccccc1)OCc1ccccc1. The van der Waals surface area contributed by atoms with E-state index in [1.54, 1.807) is 36.4 Å². The smallest absolute Gasteiger partial charge is 0.199 e. The molecule has 2 aromatic carbocycles. The van der Waals surface area contributed by atoms with Gasteiger partial charge in [0.25, 0.3) is 0 Å². The van der Waals surface area contributed by atoms with Gasteiger partial charge in [0.15, 0.2) is 9.84 Å². The molecule has 0 fully saturated rings. The number of ether oxygens (including phenoxy) is 1. The monoisotopic (exact) mass is 302 g/mol. The fourth-order valence-corrected chi connectivity index (χ4v) is 2.88. The number of benzene rings is 2. The molecule has 4 heteroatoms. The van der Waals surface area contributed by atoms with Crippen LogP contribution in [0.3, 0.4) is 0 Å². The van der Waals surface area contributed by atoms with Gasteiger partial charge in [-0.1, -0.05) is 48.5 Å². The van der Waals surface area contributed by atoms with E-state index in [0.717, 1.165) is 5.56 Å². The minimum atomic E-state index is -3.40. The third kappa shape index (κ3) is 4.85. The number of rotatable bonds is 6. The van der Waals surface area contributed by atoms with Crippen molar-refractivity contribution in [3.63, 3.8) is 0 Å². The van der Waals surface area contributed by atoms with Gasteiger partial charge in [-0.15, -0.1) is 0 Å². The molecular weight excluding hydrogens is 284 g/mol. The Kier molecular flexibility index (Phi) is 5.31. The molecule has 0 saturated heterocycles. The lowest BCUT2D eigenvalue weighted by atomic mass is 10.2. The summed E-state index contributed by atoms with van der Waals surface area (Å²) in [5, 5.41) is 1.21. The fraction of sp³-hybridized carbons (Fsp3) is 0.176. The van der Waals surface area contributed by atoms with E-state index in [2.05, 4.69) is 0 Å². The lowest BCUT2D eigenvalue weighted by Crippen LogP contribution is -2.06. The molecular formula is C17H18O3S. The molecule has 110 valence electrons. The Bertz CT molecular complexity index is 676. The number of hydrogen-bond donors (Lipinski definition) is 0. The second-order valence-corrected chi connectivity index (χ2v) is 6.52. The quantitative estimate of drug-likeness (QED) is 0.819. The van der Waals surface area contributed by atoms with Crippen LogP contribution in [0.2, 0.25) is 0 Å². The van der Waals surface area contributed by atoms with Gasteiger partial charge >= 0.3 is 0 Å². The molecule has 0 amide bonds. The molecule has 2 aromatic rings. The van der Waals surface area contributed by atoms with Crippen LogP contribution in [0.1, 0.15) is 12.5 Å². The van der Waals surface area contributed by atoms with Crippen molar-refractivity contribution in [2.75, 3.05) is 0 Å². The molecule has 0 spiro atoms. The maximum atomic E-state index is 12.1. The summed E-state index contributed by atoms with van der Waals surface area (Å²) in [6.45, 7) is 2.28. The third-order valence-electron chi connectivity index (χ3n) is 2.96. The summed E-state index contributed by atoms with van der Waals surface area (Å²) in [5.74, 6) is 0. The Hall–Kier alpha value is -1.91. The summed E-state index contributed by atoms with van der Waals surface area (Å²) in [6, 6.07) is 18.1. The highest BCUT2D eigenvalue weighted by Gasteiger charge is 2.09. The van der Waals surface area contributed by atoms with E-state index in [0.29, 0.717) is 6.61 Å². The van der Waals surface area contributed by atoms with Crippen molar-refractivity contribution in [2.24, 2.45) is 0 Å². The van der Waals surface area contributed by atoms with Crippen LogP contribution in [-0.4, -0.2) is 14.5 Å². The van der Waals surface area contributed by atoms with Gasteiger partial charge < -0.3 is 4.74 Å². The fourth-order valence-electron chi connectivity index (χ4n) is 1.76. The lowest BCUT2D eigenvalue weighted by molar-refractivity contribution is 0.0841. The first kappa shape index (κ1) is 15.5. The standard InChI is InChI=1S/C17H18O3S/c1-15(20-14-16-8-4-2-5-9-16)12-13-21(18,19)17-10-6-3-7-11-17/h2-13,15H,14H2,1H3/b13-12+/t15-/m0/s1. The van der Waals surface area contributed by atoms with Crippen molar-refractivity contribution in [1.29, 1.82) is 0 Å². The van der Waals surface area contributed by atoms with Crippen LogP contribution in [0.4, 0.5) is 0 Å². The molecule has 0 unspecified atom stereocenters. The van der Waals surface area contributed by atoms with Crippen LogP contribution in [0.5, 0.6) is 0 Å². The van der Waals surface area contributed by atoms with Gasteiger partial charge in [-0.3, -0.25) is 0 Å². The van der Waals surface area contributed by atoms with Crippen molar-refractivity contribution in [3.05, 3.63) is 77.7 Å². The van der Waals surface area contributed by atoms with Crippen molar-refractivity contribution in [1.82, 2.24) is 0 Å². The van der Waals surface area contributed by atoms with Crippen molar-refractivity contribution in [3.8, 4) is 0 Å². The van der Waals surface area contributed by atoms with E-state index in [4.69, 9.17) is 4.74 Å². The Balaban J connectivity index is 1.94. The summed E-state index contributed by atoms with van der Waals surface area (Å²) in [5.41, 5.74) is 1.06. The molecule has 21 heavy (non-hydrogen) atoms. The van der Waals surface area contributed by atoms with E-state index in [1.165, 1.54) is 5.41 Å². The van der Waals surface area contributed by atoms with Crippen LogP contribution < -0.4 is 0 Å². The Labute approximate surface area is 125 Å². The van der Waals surface area contributed by atoms with E-state index in [1.807, 2.05) is 37.3 Å². The summed E-state index contributed by atoms with van der Waals surface area (Å²) in [7, 11) is -3.40. The zero-order valence-electron chi connectivity index (χ0n) is 11.8. The van der Waals surface area contributed by atoms with E-state index < -0.39 is 9.84 Å². The topological polar surface area (TPSA) is 43.4 Å². The minimum Gasteiger partial charge on any atom is -0.370 e. The molecule has 0 N–H and O–H groups in total. The van der Waals surface area contributed by atoms with Gasteiger partial charge in [0.05, 0.1) is 17.6 Å². The lowest BCUT2D eigenvalue weighted by Gasteiger charge is -2.08. The number of hydrogen-bond acceptors (Lipinski definition) is 3. The van der Waals surface area contributed by atoms with Crippen LogP contribution >= 0.6 is 0 Å². The zero-order chi connectivity index (χ0) is 15.1. The average molecular weight is 302 g/mol. The summed E-state index contributed by atoms with van der Waals surface area (Å²) in [4.78, 5) is 0.288. The second-order valence-electron chi connectivity index (χ2n) is 4.69. The van der Waals surface area contributed by atoms with Gasteiger partial charge in [0.1, 0.15) is 0 Å². The summed E-state index contributed by atoms with van der Waals surface area (Å²) in [6.07, 6.45) is 1.29. The highest BCUT2D eigenvalue weighted by molar-refractivity contribution is 7.94. The largest absolute Gasteiger partial charge is 0.370 e. The van der Waals surface area contributed by atoms with Gasteiger partial charge in [0, 0.05) is 5.41 Å². The number of sulfone groups is 1. The maximum Gasteiger partial charge on any atom is 0.199 e. The van der Waals surface area contributed by atoms with Gasteiger partial charge in [-0.25, -0.2) is 8.42 Å². The molecule has 2 rings (SSSR count). The zero-order valence-corrected chi connectivity index (χ0v) is 12.7. The van der Waals surface area contributed by atoms with E-state index in [-0.39, 0.29) is 11.0 Å². The van der Waals surface area contributed by atoms with Gasteiger partial charge in [-0.2, -0.15) is 0 Å². The Morgan fingerprint density at radius 1 is 1.00 bits per heavy atom. The summed E-state index contributed by atoms with van der Waals surface area (Å²) < 4.78 is 29.7. The maximum absolute atomic E-state index is 12.1. The van der Waals surface area contributed by atoms with E-state index in [9.17, 15) is 8.42 Å². The second kappa shape index (κ2) is 7.20. The highest BCUT2D eigenvalue weighted by atomic mass is 32.2. The first-order valence-electron chi connectivity index (χ1n) is 6.72. The molecule has 0 aliphatic heterocycles. The molecule has 0 heterocycles. The first-order chi connectivity index (χ1) is 10.1. The van der Waals surface area contributed by atoms with E-state index >= 15 is 0 Å².